The van der Waals surface area contributed by atoms with Crippen molar-refractivity contribution in [1.29, 1.82) is 0 Å². The smallest absolute Gasteiger partial charge is 0.198 e. The third kappa shape index (κ3) is 3.16. The quantitative estimate of drug-likeness (QED) is 0.847. The molecule has 0 fully saturated rings. The van der Waals surface area contributed by atoms with Crippen molar-refractivity contribution in [3.8, 4) is 5.75 Å². The zero-order valence-electron chi connectivity index (χ0n) is 11.1. The highest BCUT2D eigenvalue weighted by Gasteiger charge is 2.20. The number of hydrogen-bond donors (Lipinski definition) is 1. The predicted molar refractivity (Wildman–Crippen MR) is 79.1 cm³/mol. The number of thiophene rings is 1. The molecule has 2 aromatic rings. The highest BCUT2D eigenvalue weighted by Crippen LogP contribution is 2.34. The van der Waals surface area contributed by atoms with Crippen LogP contribution in [0.3, 0.4) is 0 Å². The minimum atomic E-state index is 0.167. The number of methoxy groups -OCH3 is 1. The lowest BCUT2D eigenvalue weighted by atomic mass is 10.0. The standard InChI is InChI=1S/C13H16ClN3OS/c1-8(2)10(9-5-4-6-19-9)17-13-11(18-3)12(14)15-7-16-13/h4-8,10H,1-3H3,(H,15,16,17). The van der Waals surface area contributed by atoms with Crippen LogP contribution in [0.5, 0.6) is 5.75 Å². The van der Waals surface area contributed by atoms with Crippen molar-refractivity contribution in [3.05, 3.63) is 33.9 Å². The highest BCUT2D eigenvalue weighted by molar-refractivity contribution is 7.10. The normalized spacial score (nSPS) is 12.5. The van der Waals surface area contributed by atoms with Gasteiger partial charge in [-0.2, -0.15) is 0 Å². The maximum absolute atomic E-state index is 6.00. The summed E-state index contributed by atoms with van der Waals surface area (Å²) in [6.07, 6.45) is 1.43. The zero-order chi connectivity index (χ0) is 13.8. The van der Waals surface area contributed by atoms with Crippen LogP contribution in [-0.2, 0) is 0 Å². The van der Waals surface area contributed by atoms with E-state index in [1.165, 1.54) is 11.2 Å². The van der Waals surface area contributed by atoms with Crippen molar-refractivity contribution in [1.82, 2.24) is 9.97 Å². The molecule has 0 aliphatic carbocycles. The van der Waals surface area contributed by atoms with Crippen LogP contribution in [0, 0.1) is 5.92 Å². The molecule has 2 heterocycles. The van der Waals surface area contributed by atoms with E-state index >= 15 is 0 Å². The summed E-state index contributed by atoms with van der Waals surface area (Å²) in [5, 5.41) is 5.77. The first-order chi connectivity index (χ1) is 9.13. The van der Waals surface area contributed by atoms with Crippen LogP contribution >= 0.6 is 22.9 Å². The fraction of sp³-hybridized carbons (Fsp3) is 0.385. The van der Waals surface area contributed by atoms with Crippen LogP contribution in [0.4, 0.5) is 5.82 Å². The molecule has 1 N–H and O–H groups in total. The molecule has 0 aromatic carbocycles. The van der Waals surface area contributed by atoms with Gasteiger partial charge in [0.15, 0.2) is 16.7 Å². The first kappa shape index (κ1) is 14.1. The minimum Gasteiger partial charge on any atom is -0.490 e. The molecular weight excluding hydrogens is 282 g/mol. The molecule has 6 heteroatoms. The van der Waals surface area contributed by atoms with Crippen LogP contribution in [-0.4, -0.2) is 17.1 Å². The van der Waals surface area contributed by atoms with Crippen molar-refractivity contribution in [2.24, 2.45) is 5.92 Å². The van der Waals surface area contributed by atoms with E-state index in [0.717, 1.165) is 0 Å². The van der Waals surface area contributed by atoms with Gasteiger partial charge in [-0.25, -0.2) is 9.97 Å². The summed E-state index contributed by atoms with van der Waals surface area (Å²) in [6.45, 7) is 4.32. The Bertz CT molecular complexity index is 531. The predicted octanol–water partition coefficient (Wildman–Crippen LogP) is 4.01. The summed E-state index contributed by atoms with van der Waals surface area (Å²) in [5.41, 5.74) is 0. The van der Waals surface area contributed by atoms with E-state index in [4.69, 9.17) is 16.3 Å². The Morgan fingerprint density at radius 1 is 1.37 bits per heavy atom. The molecule has 19 heavy (non-hydrogen) atoms. The lowest BCUT2D eigenvalue weighted by Gasteiger charge is -2.22. The van der Waals surface area contributed by atoms with Gasteiger partial charge in [-0.05, 0) is 17.4 Å². The molecule has 0 saturated carbocycles. The Labute approximate surface area is 121 Å². The largest absolute Gasteiger partial charge is 0.490 e. The zero-order valence-corrected chi connectivity index (χ0v) is 12.6. The van der Waals surface area contributed by atoms with Crippen molar-refractivity contribution < 1.29 is 4.74 Å². The number of nitrogens with zero attached hydrogens (tertiary/aromatic N) is 2. The Kier molecular flexibility index (Phi) is 4.61. The van der Waals surface area contributed by atoms with Gasteiger partial charge in [-0.1, -0.05) is 31.5 Å². The first-order valence-electron chi connectivity index (χ1n) is 5.98. The highest BCUT2D eigenvalue weighted by atomic mass is 35.5. The number of aromatic nitrogens is 2. The molecule has 2 aromatic heterocycles. The maximum Gasteiger partial charge on any atom is 0.198 e. The molecule has 0 aliphatic heterocycles. The van der Waals surface area contributed by atoms with Crippen LogP contribution in [0.25, 0.3) is 0 Å². The first-order valence-corrected chi connectivity index (χ1v) is 7.23. The molecule has 4 nitrogen and oxygen atoms in total. The fourth-order valence-corrected chi connectivity index (χ4v) is 2.98. The Balaban J connectivity index is 2.30. The number of anilines is 1. The van der Waals surface area contributed by atoms with Crippen molar-refractivity contribution in [2.75, 3.05) is 12.4 Å². The van der Waals surface area contributed by atoms with E-state index in [9.17, 15) is 0 Å². The number of rotatable bonds is 5. The molecule has 1 unspecified atom stereocenters. The average Bonchev–Trinajstić information content (AvgIpc) is 2.89. The Morgan fingerprint density at radius 3 is 2.74 bits per heavy atom. The molecule has 0 saturated heterocycles. The van der Waals surface area contributed by atoms with E-state index in [-0.39, 0.29) is 6.04 Å². The average molecular weight is 298 g/mol. The van der Waals surface area contributed by atoms with Gasteiger partial charge < -0.3 is 10.1 Å². The number of hydrogen-bond acceptors (Lipinski definition) is 5. The Hall–Kier alpha value is -1.33. The van der Waals surface area contributed by atoms with Crippen LogP contribution < -0.4 is 10.1 Å². The second-order valence-electron chi connectivity index (χ2n) is 4.43. The fourth-order valence-electron chi connectivity index (χ4n) is 1.82. The van der Waals surface area contributed by atoms with E-state index in [1.807, 2.05) is 6.07 Å². The van der Waals surface area contributed by atoms with E-state index in [2.05, 4.69) is 40.6 Å². The third-order valence-corrected chi connectivity index (χ3v) is 4.00. The monoisotopic (exact) mass is 297 g/mol. The van der Waals surface area contributed by atoms with Crippen molar-refractivity contribution >= 4 is 28.8 Å². The second kappa shape index (κ2) is 6.21. The van der Waals surface area contributed by atoms with Gasteiger partial charge in [-0.3, -0.25) is 0 Å². The van der Waals surface area contributed by atoms with Gasteiger partial charge in [0, 0.05) is 4.88 Å². The van der Waals surface area contributed by atoms with Crippen molar-refractivity contribution in [2.45, 2.75) is 19.9 Å². The molecule has 0 aliphatic rings. The molecule has 2 rings (SSSR count). The lowest BCUT2D eigenvalue weighted by Crippen LogP contribution is -2.17. The van der Waals surface area contributed by atoms with E-state index in [1.54, 1.807) is 18.4 Å². The van der Waals surface area contributed by atoms with Crippen molar-refractivity contribution in [3.63, 3.8) is 0 Å². The third-order valence-electron chi connectivity index (χ3n) is 2.77. The summed E-state index contributed by atoms with van der Waals surface area (Å²) in [5.74, 6) is 1.51. The molecule has 0 radical (unpaired) electrons. The molecule has 0 spiro atoms. The van der Waals surface area contributed by atoms with Gasteiger partial charge in [0.05, 0.1) is 13.2 Å². The molecule has 0 amide bonds. The summed E-state index contributed by atoms with van der Waals surface area (Å²) >= 11 is 7.72. The topological polar surface area (TPSA) is 47.0 Å². The van der Waals surface area contributed by atoms with E-state index in [0.29, 0.717) is 22.6 Å². The molecule has 102 valence electrons. The molecular formula is C13H16ClN3OS. The Morgan fingerprint density at radius 2 is 2.16 bits per heavy atom. The maximum atomic E-state index is 6.00. The number of halogens is 1. The summed E-state index contributed by atoms with van der Waals surface area (Å²) in [6, 6.07) is 4.32. The van der Waals surface area contributed by atoms with Gasteiger partial charge in [-0.15, -0.1) is 11.3 Å². The van der Waals surface area contributed by atoms with Crippen LogP contribution in [0.1, 0.15) is 24.8 Å². The summed E-state index contributed by atoms with van der Waals surface area (Å²) in [7, 11) is 1.56. The van der Waals surface area contributed by atoms with Gasteiger partial charge in [0.2, 0.25) is 0 Å². The van der Waals surface area contributed by atoms with Gasteiger partial charge in [0.1, 0.15) is 6.33 Å². The molecule has 1 atom stereocenters. The number of nitrogens with one attached hydrogen (secondary N) is 1. The SMILES string of the molecule is COc1c(Cl)ncnc1NC(c1cccs1)C(C)C. The second-order valence-corrected chi connectivity index (χ2v) is 5.77. The summed E-state index contributed by atoms with van der Waals surface area (Å²) < 4.78 is 5.26. The van der Waals surface area contributed by atoms with E-state index < -0.39 is 0 Å². The number of ether oxygens (including phenoxy) is 1. The lowest BCUT2D eigenvalue weighted by molar-refractivity contribution is 0.411. The van der Waals surface area contributed by atoms with Crippen LogP contribution in [0.15, 0.2) is 23.8 Å². The summed E-state index contributed by atoms with van der Waals surface area (Å²) in [4.78, 5) is 9.39. The van der Waals surface area contributed by atoms with Gasteiger partial charge in [0.25, 0.3) is 0 Å². The van der Waals surface area contributed by atoms with Crippen LogP contribution in [0.2, 0.25) is 5.15 Å². The molecule has 0 bridgehead atoms. The minimum absolute atomic E-state index is 0.167. The van der Waals surface area contributed by atoms with Gasteiger partial charge >= 0.3 is 0 Å².